The summed E-state index contributed by atoms with van der Waals surface area (Å²) in [5.74, 6) is -4.12. The summed E-state index contributed by atoms with van der Waals surface area (Å²) in [5, 5.41) is 18.7. The molecule has 0 amide bonds. The van der Waals surface area contributed by atoms with Crippen LogP contribution in [0.15, 0.2) is 24.3 Å². The quantitative estimate of drug-likeness (QED) is 0.297. The molecule has 0 saturated carbocycles. The number of ether oxygens (including phenoxy) is 2. The zero-order valence-corrected chi connectivity index (χ0v) is 11.3. The van der Waals surface area contributed by atoms with Gasteiger partial charge in [0.1, 0.15) is 0 Å². The Hall–Kier alpha value is -1.66. The van der Waals surface area contributed by atoms with Crippen LogP contribution < -0.4 is 0 Å². The molecule has 6 nitrogen and oxygen atoms in total. The summed E-state index contributed by atoms with van der Waals surface area (Å²) in [4.78, 5) is 22.8. The Kier molecular flexibility index (Phi) is 7.03. The largest absolute Gasteiger partial charge is 0.396 e. The van der Waals surface area contributed by atoms with Gasteiger partial charge < -0.3 is 19.7 Å². The lowest BCUT2D eigenvalue weighted by molar-refractivity contribution is -0.325. The molecule has 0 heterocycles. The molecule has 0 rings (SSSR count). The Bertz CT molecular complexity index is 343. The van der Waals surface area contributed by atoms with Crippen LogP contribution in [0, 0.1) is 0 Å². The minimum absolute atomic E-state index is 0.0620. The first kappa shape index (κ1) is 17.3. The van der Waals surface area contributed by atoms with Crippen molar-refractivity contribution in [2.24, 2.45) is 0 Å². The van der Waals surface area contributed by atoms with Crippen LogP contribution in [0.5, 0.6) is 0 Å². The molecule has 108 valence electrons. The van der Waals surface area contributed by atoms with E-state index in [9.17, 15) is 14.7 Å². The summed E-state index contributed by atoms with van der Waals surface area (Å²) in [6.45, 7) is 9.45. The van der Waals surface area contributed by atoms with Gasteiger partial charge in [0.05, 0.1) is 6.42 Å². The van der Waals surface area contributed by atoms with Crippen molar-refractivity contribution in [3.63, 3.8) is 0 Å². The maximum atomic E-state index is 11.4. The van der Waals surface area contributed by atoms with Gasteiger partial charge in [0.25, 0.3) is 0 Å². The van der Waals surface area contributed by atoms with Gasteiger partial charge in [-0.15, -0.1) is 0 Å². The fourth-order valence-electron chi connectivity index (χ4n) is 1.05. The van der Waals surface area contributed by atoms with Gasteiger partial charge in [0, 0.05) is 17.8 Å². The van der Waals surface area contributed by atoms with Crippen LogP contribution in [0.25, 0.3) is 0 Å². The highest BCUT2D eigenvalue weighted by Gasteiger charge is 2.36. The molecule has 0 radical (unpaired) electrons. The average molecular weight is 272 g/mol. The zero-order valence-electron chi connectivity index (χ0n) is 11.3. The highest BCUT2D eigenvalue weighted by molar-refractivity contribution is 5.88. The van der Waals surface area contributed by atoms with Crippen LogP contribution in [0.2, 0.25) is 0 Å². The van der Waals surface area contributed by atoms with Crippen molar-refractivity contribution in [2.75, 3.05) is 6.61 Å². The van der Waals surface area contributed by atoms with Crippen molar-refractivity contribution in [3.8, 4) is 0 Å². The SMILES string of the molecule is C=C(C)C(=O)OC(O)(CCCCO)OC(=O)C(=C)C. The molecule has 19 heavy (non-hydrogen) atoms. The van der Waals surface area contributed by atoms with E-state index in [1.807, 2.05) is 0 Å². The number of hydrogen-bond acceptors (Lipinski definition) is 6. The lowest BCUT2D eigenvalue weighted by atomic mass is 10.2. The van der Waals surface area contributed by atoms with Crippen molar-refractivity contribution >= 4 is 11.9 Å². The van der Waals surface area contributed by atoms with Crippen LogP contribution >= 0.6 is 0 Å². The Morgan fingerprint density at radius 2 is 1.47 bits per heavy atom. The maximum absolute atomic E-state index is 11.4. The van der Waals surface area contributed by atoms with E-state index in [0.29, 0.717) is 12.8 Å². The number of rotatable bonds is 8. The van der Waals surface area contributed by atoms with Gasteiger partial charge in [-0.05, 0) is 26.7 Å². The fraction of sp³-hybridized carbons (Fsp3) is 0.538. The van der Waals surface area contributed by atoms with Crippen LogP contribution in [0.1, 0.15) is 33.1 Å². The summed E-state index contributed by atoms with van der Waals surface area (Å²) in [6, 6.07) is 0. The van der Waals surface area contributed by atoms with E-state index in [4.69, 9.17) is 14.6 Å². The molecule has 0 aromatic rings. The van der Waals surface area contributed by atoms with Gasteiger partial charge >= 0.3 is 17.9 Å². The number of esters is 2. The van der Waals surface area contributed by atoms with Crippen molar-refractivity contribution in [3.05, 3.63) is 24.3 Å². The monoisotopic (exact) mass is 272 g/mol. The van der Waals surface area contributed by atoms with Gasteiger partial charge in [-0.1, -0.05) is 13.2 Å². The molecule has 0 atom stereocenters. The molecule has 0 aliphatic rings. The lowest BCUT2D eigenvalue weighted by Crippen LogP contribution is -2.40. The summed E-state index contributed by atoms with van der Waals surface area (Å²) in [7, 11) is 0. The summed E-state index contributed by atoms with van der Waals surface area (Å²) >= 11 is 0. The van der Waals surface area contributed by atoms with E-state index < -0.39 is 17.9 Å². The van der Waals surface area contributed by atoms with Crippen molar-refractivity contribution in [1.82, 2.24) is 0 Å². The van der Waals surface area contributed by atoms with E-state index in [2.05, 4.69) is 13.2 Å². The van der Waals surface area contributed by atoms with Crippen molar-refractivity contribution in [2.45, 2.75) is 39.1 Å². The van der Waals surface area contributed by atoms with Gasteiger partial charge in [0.15, 0.2) is 0 Å². The van der Waals surface area contributed by atoms with Crippen LogP contribution in [-0.2, 0) is 19.1 Å². The summed E-state index contributed by atoms with van der Waals surface area (Å²) in [6.07, 6.45) is 0.531. The van der Waals surface area contributed by atoms with E-state index in [0.717, 1.165) is 0 Å². The molecule has 0 saturated heterocycles. The van der Waals surface area contributed by atoms with Gasteiger partial charge in [-0.3, -0.25) is 0 Å². The van der Waals surface area contributed by atoms with Crippen LogP contribution in [0.4, 0.5) is 0 Å². The highest BCUT2D eigenvalue weighted by atomic mass is 16.8. The van der Waals surface area contributed by atoms with E-state index in [1.54, 1.807) is 0 Å². The van der Waals surface area contributed by atoms with Crippen molar-refractivity contribution < 1.29 is 29.3 Å². The molecule has 0 aliphatic carbocycles. The lowest BCUT2D eigenvalue weighted by Gasteiger charge is -2.27. The molecule has 0 aromatic heterocycles. The zero-order chi connectivity index (χ0) is 15.1. The first-order valence-corrected chi connectivity index (χ1v) is 5.83. The molecular formula is C13H20O6. The molecule has 0 bridgehead atoms. The average Bonchev–Trinajstić information content (AvgIpc) is 2.28. The van der Waals surface area contributed by atoms with Gasteiger partial charge in [-0.25, -0.2) is 9.59 Å². The molecule has 0 fully saturated rings. The Morgan fingerprint density at radius 1 is 1.05 bits per heavy atom. The van der Waals surface area contributed by atoms with E-state index in [-0.39, 0.29) is 24.2 Å². The van der Waals surface area contributed by atoms with Crippen LogP contribution in [0.3, 0.4) is 0 Å². The standard InChI is InChI=1S/C13H20O6/c1-9(2)11(15)18-13(17,7-5-6-8-14)19-12(16)10(3)4/h14,17H,1,3,5-8H2,2,4H3. The number of carbonyl (C=O) groups is 2. The van der Waals surface area contributed by atoms with Crippen molar-refractivity contribution in [1.29, 1.82) is 0 Å². The minimum Gasteiger partial charge on any atom is -0.396 e. The second kappa shape index (κ2) is 7.70. The smallest absolute Gasteiger partial charge is 0.373 e. The third kappa shape index (κ3) is 6.73. The third-order valence-corrected chi connectivity index (χ3v) is 2.10. The first-order valence-electron chi connectivity index (χ1n) is 5.83. The maximum Gasteiger partial charge on any atom is 0.373 e. The molecule has 0 spiro atoms. The van der Waals surface area contributed by atoms with Gasteiger partial charge in [0.2, 0.25) is 0 Å². The number of unbranched alkanes of at least 4 members (excludes halogenated alkanes) is 1. The number of aliphatic hydroxyl groups excluding tert-OH is 1. The second-order valence-corrected chi connectivity index (χ2v) is 4.23. The van der Waals surface area contributed by atoms with Gasteiger partial charge in [-0.2, -0.15) is 0 Å². The molecular weight excluding hydrogens is 252 g/mol. The molecule has 0 aromatic carbocycles. The molecule has 2 N–H and O–H groups in total. The third-order valence-electron chi connectivity index (χ3n) is 2.10. The summed E-state index contributed by atoms with van der Waals surface area (Å²) < 4.78 is 9.44. The van der Waals surface area contributed by atoms with E-state index in [1.165, 1.54) is 13.8 Å². The Balaban J connectivity index is 4.79. The normalized spacial score (nSPS) is 10.7. The first-order chi connectivity index (χ1) is 8.72. The number of hydrogen-bond donors (Lipinski definition) is 2. The second-order valence-electron chi connectivity index (χ2n) is 4.23. The predicted molar refractivity (Wildman–Crippen MR) is 67.7 cm³/mol. The molecule has 6 heteroatoms. The van der Waals surface area contributed by atoms with E-state index >= 15 is 0 Å². The predicted octanol–water partition coefficient (Wildman–Crippen LogP) is 1.03. The molecule has 0 aliphatic heterocycles. The minimum atomic E-state index is -2.37. The number of aliphatic hydroxyl groups is 2. The Morgan fingerprint density at radius 3 is 1.79 bits per heavy atom. The topological polar surface area (TPSA) is 93.1 Å². The Labute approximate surface area is 112 Å². The van der Waals surface area contributed by atoms with Crippen LogP contribution in [-0.4, -0.2) is 34.7 Å². The summed E-state index contributed by atoms with van der Waals surface area (Å²) in [5.41, 5.74) is 0.124. The molecule has 0 unspecified atom stereocenters. The fourth-order valence-corrected chi connectivity index (χ4v) is 1.05. The number of carbonyl (C=O) groups excluding carboxylic acids is 2. The highest BCUT2D eigenvalue weighted by Crippen LogP contribution is 2.21.